The van der Waals surface area contributed by atoms with Crippen LogP contribution in [-0.2, 0) is 6.54 Å². The van der Waals surface area contributed by atoms with E-state index in [1.54, 1.807) is 11.6 Å². The molecule has 0 spiro atoms. The van der Waals surface area contributed by atoms with Crippen molar-refractivity contribution in [3.05, 3.63) is 57.6 Å². The van der Waals surface area contributed by atoms with Crippen LogP contribution in [0.2, 0.25) is 0 Å². The van der Waals surface area contributed by atoms with Crippen molar-refractivity contribution >= 4 is 27.9 Å². The summed E-state index contributed by atoms with van der Waals surface area (Å²) in [6.45, 7) is 3.57. The molecule has 2 heterocycles. The fraction of sp³-hybridized carbons (Fsp3) is 0.312. The molecule has 3 rings (SSSR count). The van der Waals surface area contributed by atoms with E-state index in [9.17, 15) is 10.1 Å². The van der Waals surface area contributed by atoms with Crippen LogP contribution in [0.3, 0.4) is 0 Å². The van der Waals surface area contributed by atoms with Gasteiger partial charge < -0.3 is 20.3 Å². The van der Waals surface area contributed by atoms with Crippen LogP contribution < -0.4 is 5.32 Å². The predicted octanol–water partition coefficient (Wildman–Crippen LogP) is 3.24. The molecule has 0 amide bonds. The van der Waals surface area contributed by atoms with Crippen LogP contribution in [0, 0.1) is 10.1 Å². The van der Waals surface area contributed by atoms with Crippen LogP contribution in [0.4, 0.5) is 11.6 Å². The van der Waals surface area contributed by atoms with Crippen molar-refractivity contribution in [2.45, 2.75) is 19.5 Å². The van der Waals surface area contributed by atoms with E-state index in [1.165, 1.54) is 21.3 Å². The monoisotopic (exact) mass is 345 g/mol. The number of fused-ring (bicyclic) bond motifs is 1. The van der Waals surface area contributed by atoms with Gasteiger partial charge in [-0.25, -0.2) is 0 Å². The summed E-state index contributed by atoms with van der Waals surface area (Å²) in [4.78, 5) is 18.1. The molecule has 0 fully saturated rings. The van der Waals surface area contributed by atoms with Gasteiger partial charge in [0.2, 0.25) is 5.82 Å². The number of rotatable bonds is 7. The van der Waals surface area contributed by atoms with E-state index in [1.807, 2.05) is 32.2 Å². The number of anilines is 1. The third-order valence-electron chi connectivity index (χ3n) is 3.67. The lowest BCUT2D eigenvalue weighted by Gasteiger charge is -2.22. The fourth-order valence-electron chi connectivity index (χ4n) is 2.75. The minimum absolute atomic E-state index is 0.0104. The molecule has 7 nitrogen and oxygen atoms in total. The Balaban J connectivity index is 1.66. The average Bonchev–Trinajstić information content (AvgIpc) is 3.07. The van der Waals surface area contributed by atoms with Gasteiger partial charge in [-0.2, -0.15) is 9.38 Å². The second-order valence-electron chi connectivity index (χ2n) is 5.82. The standard InChI is InChI=1S/C16H19N5O2S/c1-12(10-19(2)11-13-6-4-3-5-7-13)17-14-15(21(22)23)20-8-9-24-16(20)18-14/h3-9,12,17H,10-11H2,1-2H3. The van der Waals surface area contributed by atoms with Crippen LogP contribution in [0.15, 0.2) is 41.9 Å². The summed E-state index contributed by atoms with van der Waals surface area (Å²) in [5, 5.41) is 16.3. The molecular weight excluding hydrogens is 326 g/mol. The molecule has 8 heteroatoms. The van der Waals surface area contributed by atoms with Crippen LogP contribution >= 0.6 is 11.3 Å². The molecule has 1 N–H and O–H groups in total. The number of likely N-dealkylation sites (N-methyl/N-ethyl adjacent to an activating group) is 1. The number of nitrogens with one attached hydrogen (secondary N) is 1. The molecule has 1 aromatic carbocycles. The summed E-state index contributed by atoms with van der Waals surface area (Å²) in [6.07, 6.45) is 1.67. The zero-order chi connectivity index (χ0) is 17.1. The van der Waals surface area contributed by atoms with Gasteiger partial charge in [0.05, 0.1) is 0 Å². The molecule has 3 aromatic rings. The molecule has 0 bridgehead atoms. The van der Waals surface area contributed by atoms with Crippen molar-refractivity contribution in [1.82, 2.24) is 14.3 Å². The van der Waals surface area contributed by atoms with Gasteiger partial charge in [-0.05, 0) is 24.5 Å². The van der Waals surface area contributed by atoms with E-state index in [0.717, 1.165) is 13.1 Å². The number of imidazole rings is 1. The zero-order valence-electron chi connectivity index (χ0n) is 13.5. The van der Waals surface area contributed by atoms with Gasteiger partial charge in [-0.3, -0.25) is 0 Å². The Morgan fingerprint density at radius 2 is 2.17 bits per heavy atom. The Morgan fingerprint density at radius 3 is 2.88 bits per heavy atom. The number of thiazole rings is 1. The summed E-state index contributed by atoms with van der Waals surface area (Å²) in [5.41, 5.74) is 1.24. The summed E-state index contributed by atoms with van der Waals surface area (Å²) in [6, 6.07) is 10.2. The number of hydrogen-bond acceptors (Lipinski definition) is 6. The molecule has 1 atom stereocenters. The summed E-state index contributed by atoms with van der Waals surface area (Å²) in [7, 11) is 2.03. The van der Waals surface area contributed by atoms with E-state index in [0.29, 0.717) is 10.8 Å². The van der Waals surface area contributed by atoms with Crippen LogP contribution in [0.5, 0.6) is 0 Å². The second kappa shape index (κ2) is 6.98. The molecule has 0 aliphatic carbocycles. The normalized spacial score (nSPS) is 12.6. The molecule has 126 valence electrons. The van der Waals surface area contributed by atoms with Crippen molar-refractivity contribution in [1.29, 1.82) is 0 Å². The molecule has 0 aliphatic rings. The first-order valence-corrected chi connectivity index (χ1v) is 8.51. The van der Waals surface area contributed by atoms with Gasteiger partial charge in [-0.1, -0.05) is 41.7 Å². The molecule has 0 aliphatic heterocycles. The first kappa shape index (κ1) is 16.4. The summed E-state index contributed by atoms with van der Waals surface area (Å²) < 4.78 is 1.51. The number of nitro groups is 1. The Bertz CT molecular complexity index is 829. The minimum Gasteiger partial charge on any atom is -0.359 e. The van der Waals surface area contributed by atoms with Crippen molar-refractivity contribution in [3.8, 4) is 0 Å². The number of aromatic nitrogens is 2. The number of nitrogens with zero attached hydrogens (tertiary/aromatic N) is 4. The highest BCUT2D eigenvalue weighted by Crippen LogP contribution is 2.28. The van der Waals surface area contributed by atoms with Gasteiger partial charge >= 0.3 is 5.82 Å². The first-order valence-electron chi connectivity index (χ1n) is 7.63. The minimum atomic E-state index is -0.393. The molecule has 1 unspecified atom stereocenters. The van der Waals surface area contributed by atoms with Crippen molar-refractivity contribution in [3.63, 3.8) is 0 Å². The molecule has 24 heavy (non-hydrogen) atoms. The summed E-state index contributed by atoms with van der Waals surface area (Å²) >= 11 is 1.38. The molecule has 2 aromatic heterocycles. The lowest BCUT2D eigenvalue weighted by Crippen LogP contribution is -2.32. The maximum absolute atomic E-state index is 11.3. The van der Waals surface area contributed by atoms with Gasteiger partial charge in [0.15, 0.2) is 0 Å². The average molecular weight is 345 g/mol. The topological polar surface area (TPSA) is 75.7 Å². The highest BCUT2D eigenvalue weighted by molar-refractivity contribution is 7.15. The Morgan fingerprint density at radius 1 is 1.42 bits per heavy atom. The number of hydrogen-bond donors (Lipinski definition) is 1. The molecule has 0 radical (unpaired) electrons. The van der Waals surface area contributed by atoms with Crippen molar-refractivity contribution in [2.75, 3.05) is 18.9 Å². The molecule has 0 saturated heterocycles. The lowest BCUT2D eigenvalue weighted by atomic mass is 10.2. The Hall–Kier alpha value is -2.45. The van der Waals surface area contributed by atoms with E-state index in [2.05, 4.69) is 27.3 Å². The maximum atomic E-state index is 11.3. The molecule has 0 saturated carbocycles. The smallest absolute Gasteiger partial charge is 0.359 e. The molecular formula is C16H19N5O2S. The number of benzene rings is 1. The van der Waals surface area contributed by atoms with Gasteiger partial charge in [0, 0.05) is 24.5 Å². The third kappa shape index (κ3) is 3.55. The van der Waals surface area contributed by atoms with E-state index >= 15 is 0 Å². The first-order chi connectivity index (χ1) is 11.5. The quantitative estimate of drug-likeness (QED) is 0.525. The third-order valence-corrected chi connectivity index (χ3v) is 4.43. The highest BCUT2D eigenvalue weighted by atomic mass is 32.1. The van der Waals surface area contributed by atoms with Gasteiger partial charge in [0.25, 0.3) is 4.96 Å². The largest absolute Gasteiger partial charge is 0.372 e. The van der Waals surface area contributed by atoms with Crippen LogP contribution in [-0.4, -0.2) is 38.8 Å². The van der Waals surface area contributed by atoms with Crippen molar-refractivity contribution < 1.29 is 4.92 Å². The van der Waals surface area contributed by atoms with Gasteiger partial charge in [0.1, 0.15) is 6.20 Å². The zero-order valence-corrected chi connectivity index (χ0v) is 14.4. The van der Waals surface area contributed by atoms with E-state index < -0.39 is 4.92 Å². The lowest BCUT2D eigenvalue weighted by molar-refractivity contribution is -0.389. The van der Waals surface area contributed by atoms with Crippen molar-refractivity contribution in [2.24, 2.45) is 0 Å². The predicted molar refractivity (Wildman–Crippen MR) is 95.6 cm³/mol. The van der Waals surface area contributed by atoms with Gasteiger partial charge in [-0.15, -0.1) is 0 Å². The maximum Gasteiger partial charge on any atom is 0.372 e. The highest BCUT2D eigenvalue weighted by Gasteiger charge is 2.24. The SMILES string of the molecule is CC(CN(C)Cc1ccccc1)Nc1nc2sccn2c1[N+](=O)[O-]. The Kier molecular flexibility index (Phi) is 4.77. The van der Waals surface area contributed by atoms with Crippen LogP contribution in [0.1, 0.15) is 12.5 Å². The fourth-order valence-corrected chi connectivity index (χ4v) is 3.46. The van der Waals surface area contributed by atoms with E-state index in [-0.39, 0.29) is 11.9 Å². The van der Waals surface area contributed by atoms with E-state index in [4.69, 9.17) is 0 Å². The Labute approximate surface area is 143 Å². The van der Waals surface area contributed by atoms with Crippen LogP contribution in [0.25, 0.3) is 4.96 Å². The summed E-state index contributed by atoms with van der Waals surface area (Å²) in [5.74, 6) is 0.316. The second-order valence-corrected chi connectivity index (χ2v) is 6.70.